The predicted octanol–water partition coefficient (Wildman–Crippen LogP) is 5.12. The van der Waals surface area contributed by atoms with Crippen LogP contribution in [0.5, 0.6) is 0 Å². The molecule has 138 valence electrons. The Morgan fingerprint density at radius 3 is 1.12 bits per heavy atom. The number of rotatable bonds is 13. The average Bonchev–Trinajstić information content (AvgIpc) is 2.55. The predicted molar refractivity (Wildman–Crippen MR) is 97.7 cm³/mol. The molecule has 0 aliphatic heterocycles. The molecular weight excluding hydrogens is 304 g/mol. The Morgan fingerprint density at radius 2 is 0.958 bits per heavy atom. The molecule has 0 radical (unpaired) electrons. The molecule has 0 aromatic carbocycles. The van der Waals surface area contributed by atoms with Gasteiger partial charge in [-0.1, -0.05) is 66.5 Å². The second-order valence-electron chi connectivity index (χ2n) is 6.24. The molecule has 0 saturated carbocycles. The molecule has 0 unspecified atom stereocenters. The molecule has 0 aromatic rings. The standard InChI is InChI=1S/C20H34O4/c1-7-13-19(14-8-2,23-17(21)11-5)20(15-9-3,16-10-4)24-18(22)12-6/h11-12H,5-10,13-16H2,1-4H3. The molecule has 4 heteroatoms. The Morgan fingerprint density at radius 1 is 0.708 bits per heavy atom. The van der Waals surface area contributed by atoms with Crippen molar-refractivity contribution in [1.29, 1.82) is 0 Å². The largest absolute Gasteiger partial charge is 0.452 e. The maximum absolute atomic E-state index is 12.1. The van der Waals surface area contributed by atoms with Gasteiger partial charge in [-0.15, -0.1) is 0 Å². The number of carbonyl (C=O) groups is 2. The number of ether oxygens (including phenoxy) is 2. The highest BCUT2D eigenvalue weighted by atomic mass is 16.6. The Hall–Kier alpha value is -1.58. The van der Waals surface area contributed by atoms with Gasteiger partial charge in [-0.2, -0.15) is 0 Å². The molecule has 24 heavy (non-hydrogen) atoms. The zero-order chi connectivity index (χ0) is 18.6. The van der Waals surface area contributed by atoms with Gasteiger partial charge in [-0.05, 0) is 25.7 Å². The molecule has 0 heterocycles. The fraction of sp³-hybridized carbons (Fsp3) is 0.700. The fourth-order valence-corrected chi connectivity index (χ4v) is 3.64. The first-order chi connectivity index (χ1) is 11.4. The first-order valence-electron chi connectivity index (χ1n) is 9.11. The van der Waals surface area contributed by atoms with E-state index in [9.17, 15) is 9.59 Å². The van der Waals surface area contributed by atoms with Crippen molar-refractivity contribution in [2.45, 2.75) is 90.3 Å². The molecule has 4 nitrogen and oxygen atoms in total. The number of carbonyl (C=O) groups excluding carboxylic acids is 2. The molecular formula is C20H34O4. The lowest BCUT2D eigenvalue weighted by Crippen LogP contribution is -2.59. The Labute approximate surface area is 147 Å². The summed E-state index contributed by atoms with van der Waals surface area (Å²) in [5.74, 6) is -0.939. The minimum Gasteiger partial charge on any atom is -0.452 e. The molecule has 0 aliphatic rings. The number of hydrogen-bond donors (Lipinski definition) is 0. The van der Waals surface area contributed by atoms with E-state index in [-0.39, 0.29) is 0 Å². The Bertz CT molecular complexity index is 373. The van der Waals surface area contributed by atoms with E-state index < -0.39 is 23.1 Å². The van der Waals surface area contributed by atoms with E-state index in [0.29, 0.717) is 25.7 Å². The summed E-state index contributed by atoms with van der Waals surface area (Å²) in [7, 11) is 0. The quantitative estimate of drug-likeness (QED) is 0.345. The van der Waals surface area contributed by atoms with Crippen molar-refractivity contribution in [2.24, 2.45) is 0 Å². The Kier molecular flexibility index (Phi) is 10.3. The molecule has 0 amide bonds. The second kappa shape index (κ2) is 11.1. The lowest BCUT2D eigenvalue weighted by Gasteiger charge is -2.49. The van der Waals surface area contributed by atoms with Crippen molar-refractivity contribution < 1.29 is 19.1 Å². The summed E-state index contributed by atoms with van der Waals surface area (Å²) >= 11 is 0. The smallest absolute Gasteiger partial charge is 0.330 e. The van der Waals surface area contributed by atoms with Crippen LogP contribution in [0.4, 0.5) is 0 Å². The van der Waals surface area contributed by atoms with Crippen LogP contribution in [0.15, 0.2) is 25.3 Å². The van der Waals surface area contributed by atoms with Crippen LogP contribution < -0.4 is 0 Å². The maximum Gasteiger partial charge on any atom is 0.330 e. The van der Waals surface area contributed by atoms with Crippen LogP contribution in [0, 0.1) is 0 Å². The van der Waals surface area contributed by atoms with Crippen molar-refractivity contribution in [1.82, 2.24) is 0 Å². The van der Waals surface area contributed by atoms with E-state index in [2.05, 4.69) is 13.2 Å². The lowest BCUT2D eigenvalue weighted by molar-refractivity contribution is -0.218. The van der Waals surface area contributed by atoms with E-state index >= 15 is 0 Å². The van der Waals surface area contributed by atoms with Gasteiger partial charge < -0.3 is 9.47 Å². The molecule has 0 saturated heterocycles. The van der Waals surface area contributed by atoms with Crippen LogP contribution in [-0.2, 0) is 19.1 Å². The van der Waals surface area contributed by atoms with Crippen molar-refractivity contribution in [3.05, 3.63) is 25.3 Å². The maximum atomic E-state index is 12.1. The van der Waals surface area contributed by atoms with E-state index in [1.165, 1.54) is 12.2 Å². The van der Waals surface area contributed by atoms with Crippen LogP contribution in [0.1, 0.15) is 79.1 Å². The third kappa shape index (κ3) is 5.50. The van der Waals surface area contributed by atoms with Gasteiger partial charge in [0.15, 0.2) is 11.2 Å². The highest BCUT2D eigenvalue weighted by Crippen LogP contribution is 2.45. The normalized spacial score (nSPS) is 11.7. The van der Waals surface area contributed by atoms with Crippen molar-refractivity contribution in [3.63, 3.8) is 0 Å². The van der Waals surface area contributed by atoms with Gasteiger partial charge in [0.2, 0.25) is 0 Å². The third-order valence-corrected chi connectivity index (χ3v) is 4.37. The highest BCUT2D eigenvalue weighted by molar-refractivity contribution is 5.83. The topological polar surface area (TPSA) is 52.6 Å². The van der Waals surface area contributed by atoms with E-state index in [0.717, 1.165) is 25.7 Å². The summed E-state index contributed by atoms with van der Waals surface area (Å²) in [5.41, 5.74) is -1.68. The molecule has 0 aliphatic carbocycles. The van der Waals surface area contributed by atoms with Crippen LogP contribution in [0.3, 0.4) is 0 Å². The zero-order valence-corrected chi connectivity index (χ0v) is 15.9. The van der Waals surface area contributed by atoms with Gasteiger partial charge in [0.25, 0.3) is 0 Å². The van der Waals surface area contributed by atoms with Gasteiger partial charge in [-0.25, -0.2) is 9.59 Å². The molecule has 0 rings (SSSR count). The summed E-state index contributed by atoms with van der Waals surface area (Å²) in [6, 6.07) is 0. The molecule has 0 N–H and O–H groups in total. The second-order valence-corrected chi connectivity index (χ2v) is 6.24. The van der Waals surface area contributed by atoms with E-state index in [1.54, 1.807) is 0 Å². The molecule has 0 aromatic heterocycles. The lowest BCUT2D eigenvalue weighted by atomic mass is 9.71. The van der Waals surface area contributed by atoms with E-state index in [1.807, 2.05) is 27.7 Å². The molecule has 0 atom stereocenters. The van der Waals surface area contributed by atoms with E-state index in [4.69, 9.17) is 9.47 Å². The van der Waals surface area contributed by atoms with Gasteiger partial charge in [0.05, 0.1) is 0 Å². The summed E-state index contributed by atoms with van der Waals surface area (Å²) in [6.07, 6.45) is 8.23. The van der Waals surface area contributed by atoms with Gasteiger partial charge >= 0.3 is 11.9 Å². The average molecular weight is 338 g/mol. The van der Waals surface area contributed by atoms with Gasteiger partial charge in [0, 0.05) is 12.2 Å². The van der Waals surface area contributed by atoms with Crippen LogP contribution in [0.25, 0.3) is 0 Å². The van der Waals surface area contributed by atoms with Crippen LogP contribution in [-0.4, -0.2) is 23.1 Å². The Balaban J connectivity index is 6.23. The van der Waals surface area contributed by atoms with Crippen molar-refractivity contribution in [3.8, 4) is 0 Å². The molecule has 0 fully saturated rings. The summed E-state index contributed by atoms with van der Waals surface area (Å²) in [4.78, 5) is 24.2. The van der Waals surface area contributed by atoms with Crippen LogP contribution in [0.2, 0.25) is 0 Å². The zero-order valence-electron chi connectivity index (χ0n) is 15.9. The molecule has 0 bridgehead atoms. The van der Waals surface area contributed by atoms with Crippen molar-refractivity contribution in [2.75, 3.05) is 0 Å². The van der Waals surface area contributed by atoms with Crippen molar-refractivity contribution >= 4 is 11.9 Å². The number of hydrogen-bond acceptors (Lipinski definition) is 4. The number of esters is 2. The van der Waals surface area contributed by atoms with Crippen LogP contribution >= 0.6 is 0 Å². The van der Waals surface area contributed by atoms with Gasteiger partial charge in [-0.3, -0.25) is 0 Å². The minimum atomic E-state index is -0.841. The first-order valence-corrected chi connectivity index (χ1v) is 9.11. The SMILES string of the molecule is C=CC(=O)OC(CCC)(CCC)C(CCC)(CCC)OC(=O)C=C. The summed E-state index contributed by atoms with van der Waals surface area (Å²) in [6.45, 7) is 15.2. The first kappa shape index (κ1) is 22.4. The molecule has 0 spiro atoms. The monoisotopic (exact) mass is 338 g/mol. The summed E-state index contributed by atoms with van der Waals surface area (Å²) < 4.78 is 11.8. The summed E-state index contributed by atoms with van der Waals surface area (Å²) in [5, 5.41) is 0. The highest BCUT2D eigenvalue weighted by Gasteiger charge is 2.54. The minimum absolute atomic E-state index is 0.469. The van der Waals surface area contributed by atoms with Gasteiger partial charge in [0.1, 0.15) is 0 Å². The third-order valence-electron chi connectivity index (χ3n) is 4.37. The fourth-order valence-electron chi connectivity index (χ4n) is 3.64.